The maximum absolute atomic E-state index is 11.7. The summed E-state index contributed by atoms with van der Waals surface area (Å²) in [7, 11) is 0. The Bertz CT molecular complexity index is 780. The van der Waals surface area contributed by atoms with Crippen LogP contribution in [-0.2, 0) is 0 Å². The molecule has 0 saturated heterocycles. The lowest BCUT2D eigenvalue weighted by atomic mass is 10.1. The summed E-state index contributed by atoms with van der Waals surface area (Å²) < 4.78 is 1.11. The fraction of sp³-hybridized carbons (Fsp3) is 0. The number of benzene rings is 2. The molecule has 3 rings (SSSR count). The predicted octanol–water partition coefficient (Wildman–Crippen LogP) is 3.19. The molecule has 0 spiro atoms. The average molecular weight is 348 g/mol. The molecule has 0 unspecified atom stereocenters. The van der Waals surface area contributed by atoms with E-state index in [4.69, 9.17) is 0 Å². The van der Waals surface area contributed by atoms with Crippen LogP contribution in [0.15, 0.2) is 53.3 Å². The molecule has 0 aliphatic rings. The fourth-order valence-corrected chi connectivity index (χ4v) is 2.62. The first-order chi connectivity index (χ1) is 8.77. The summed E-state index contributed by atoms with van der Waals surface area (Å²) in [6, 6.07) is 15.5. The van der Waals surface area contributed by atoms with Crippen molar-refractivity contribution in [1.82, 2.24) is 10.2 Å². The van der Waals surface area contributed by atoms with Gasteiger partial charge in [-0.1, -0.05) is 36.4 Å². The summed E-state index contributed by atoms with van der Waals surface area (Å²) in [5.41, 5.74) is 1.70. The molecule has 1 heterocycles. The van der Waals surface area contributed by atoms with Crippen LogP contribution in [0.3, 0.4) is 0 Å². The Morgan fingerprint density at radius 3 is 2.39 bits per heavy atom. The third-order valence-corrected chi connectivity index (χ3v) is 3.77. The van der Waals surface area contributed by atoms with Crippen LogP contribution in [-0.4, -0.2) is 10.2 Å². The molecule has 1 N–H and O–H groups in total. The highest BCUT2D eigenvalue weighted by atomic mass is 127. The molecule has 88 valence electrons. The minimum absolute atomic E-state index is 0.153. The lowest BCUT2D eigenvalue weighted by molar-refractivity contribution is 1.02. The van der Waals surface area contributed by atoms with Crippen molar-refractivity contribution < 1.29 is 0 Å². The van der Waals surface area contributed by atoms with Crippen molar-refractivity contribution in [2.75, 3.05) is 0 Å². The van der Waals surface area contributed by atoms with Gasteiger partial charge in [-0.3, -0.25) is 4.79 Å². The van der Waals surface area contributed by atoms with Crippen molar-refractivity contribution in [2.45, 2.75) is 0 Å². The fourth-order valence-electron chi connectivity index (χ4n) is 1.97. The van der Waals surface area contributed by atoms with E-state index in [-0.39, 0.29) is 5.56 Å². The minimum atomic E-state index is -0.153. The zero-order chi connectivity index (χ0) is 12.5. The van der Waals surface area contributed by atoms with Gasteiger partial charge in [-0.05, 0) is 34.7 Å². The van der Waals surface area contributed by atoms with E-state index in [1.165, 1.54) is 0 Å². The summed E-state index contributed by atoms with van der Waals surface area (Å²) in [5.74, 6) is 0. The Balaban J connectivity index is 2.41. The topological polar surface area (TPSA) is 45.8 Å². The third kappa shape index (κ3) is 1.82. The second kappa shape index (κ2) is 4.53. The molecule has 4 heteroatoms. The second-order valence-electron chi connectivity index (χ2n) is 3.93. The molecular formula is C14H9IN2O. The van der Waals surface area contributed by atoms with Crippen molar-refractivity contribution in [2.24, 2.45) is 0 Å². The van der Waals surface area contributed by atoms with Crippen LogP contribution < -0.4 is 5.56 Å². The van der Waals surface area contributed by atoms with E-state index < -0.39 is 0 Å². The maximum Gasteiger partial charge on any atom is 0.272 e. The molecule has 0 radical (unpaired) electrons. The molecule has 0 fully saturated rings. The summed E-state index contributed by atoms with van der Waals surface area (Å²) >= 11 is 2.27. The first kappa shape index (κ1) is 11.4. The number of nitrogens with one attached hydrogen (secondary N) is 1. The van der Waals surface area contributed by atoms with E-state index in [1.54, 1.807) is 0 Å². The van der Waals surface area contributed by atoms with E-state index in [1.807, 2.05) is 48.5 Å². The molecular weight excluding hydrogens is 339 g/mol. The number of aromatic nitrogens is 2. The van der Waals surface area contributed by atoms with E-state index in [9.17, 15) is 4.79 Å². The first-order valence-electron chi connectivity index (χ1n) is 5.50. The Morgan fingerprint density at radius 1 is 0.944 bits per heavy atom. The van der Waals surface area contributed by atoms with Gasteiger partial charge in [0, 0.05) is 14.5 Å². The lowest BCUT2D eigenvalue weighted by Crippen LogP contribution is -2.09. The Hall–Kier alpha value is -1.69. The quantitative estimate of drug-likeness (QED) is 0.687. The van der Waals surface area contributed by atoms with Gasteiger partial charge in [0.2, 0.25) is 0 Å². The predicted molar refractivity (Wildman–Crippen MR) is 80.5 cm³/mol. The number of fused-ring (bicyclic) bond motifs is 1. The molecule has 2 aromatic carbocycles. The number of hydrogen-bond donors (Lipinski definition) is 1. The number of rotatable bonds is 1. The summed E-state index contributed by atoms with van der Waals surface area (Å²) in [6.45, 7) is 0. The van der Waals surface area contributed by atoms with Gasteiger partial charge < -0.3 is 0 Å². The van der Waals surface area contributed by atoms with Gasteiger partial charge in [-0.25, -0.2) is 5.10 Å². The SMILES string of the molecule is O=c1[nH]nc(-c2ccccc2I)c2ccccc12. The molecule has 18 heavy (non-hydrogen) atoms. The molecule has 0 aliphatic carbocycles. The monoisotopic (exact) mass is 348 g/mol. The van der Waals surface area contributed by atoms with Crippen molar-refractivity contribution in [1.29, 1.82) is 0 Å². The van der Waals surface area contributed by atoms with E-state index in [0.29, 0.717) is 5.39 Å². The van der Waals surface area contributed by atoms with Gasteiger partial charge in [0.25, 0.3) is 5.56 Å². The Morgan fingerprint density at radius 2 is 1.61 bits per heavy atom. The van der Waals surface area contributed by atoms with Crippen molar-refractivity contribution in [3.05, 3.63) is 62.5 Å². The standard InChI is InChI=1S/C14H9IN2O/c15-12-8-4-3-7-11(12)13-9-5-1-2-6-10(9)14(18)17-16-13/h1-8H,(H,17,18). The van der Waals surface area contributed by atoms with Crippen LogP contribution in [0.5, 0.6) is 0 Å². The molecule has 0 aliphatic heterocycles. The third-order valence-electron chi connectivity index (χ3n) is 2.83. The van der Waals surface area contributed by atoms with Gasteiger partial charge in [0.15, 0.2) is 0 Å². The van der Waals surface area contributed by atoms with Crippen LogP contribution in [0, 0.1) is 3.57 Å². The Labute approximate surface area is 117 Å². The number of aromatic amines is 1. The normalized spacial score (nSPS) is 10.7. The van der Waals surface area contributed by atoms with Gasteiger partial charge in [-0.15, -0.1) is 0 Å². The van der Waals surface area contributed by atoms with Gasteiger partial charge in [0.05, 0.1) is 11.1 Å². The number of hydrogen-bond acceptors (Lipinski definition) is 2. The molecule has 0 amide bonds. The van der Waals surface area contributed by atoms with E-state index in [2.05, 4.69) is 32.8 Å². The molecule has 3 nitrogen and oxygen atoms in total. The highest BCUT2D eigenvalue weighted by Gasteiger charge is 2.10. The van der Waals surface area contributed by atoms with Crippen molar-refractivity contribution in [3.63, 3.8) is 0 Å². The summed E-state index contributed by atoms with van der Waals surface area (Å²) in [5, 5.41) is 8.30. The van der Waals surface area contributed by atoms with Crippen LogP contribution in [0.1, 0.15) is 0 Å². The minimum Gasteiger partial charge on any atom is -0.267 e. The van der Waals surface area contributed by atoms with Crippen LogP contribution in [0.25, 0.3) is 22.0 Å². The van der Waals surface area contributed by atoms with Crippen LogP contribution >= 0.6 is 22.6 Å². The largest absolute Gasteiger partial charge is 0.272 e. The van der Waals surface area contributed by atoms with Crippen LogP contribution in [0.4, 0.5) is 0 Å². The van der Waals surface area contributed by atoms with E-state index in [0.717, 1.165) is 20.2 Å². The van der Waals surface area contributed by atoms with Crippen molar-refractivity contribution in [3.8, 4) is 11.3 Å². The highest BCUT2D eigenvalue weighted by Crippen LogP contribution is 2.27. The summed E-state index contributed by atoms with van der Waals surface area (Å²) in [6.07, 6.45) is 0. The van der Waals surface area contributed by atoms with Crippen LogP contribution in [0.2, 0.25) is 0 Å². The van der Waals surface area contributed by atoms with Gasteiger partial charge in [-0.2, -0.15) is 5.10 Å². The first-order valence-corrected chi connectivity index (χ1v) is 6.57. The molecule has 0 bridgehead atoms. The zero-order valence-electron chi connectivity index (χ0n) is 9.35. The number of halogens is 1. The smallest absolute Gasteiger partial charge is 0.267 e. The molecule has 0 atom stereocenters. The zero-order valence-corrected chi connectivity index (χ0v) is 11.5. The lowest BCUT2D eigenvalue weighted by Gasteiger charge is -2.06. The van der Waals surface area contributed by atoms with Gasteiger partial charge in [0.1, 0.15) is 0 Å². The highest BCUT2D eigenvalue weighted by molar-refractivity contribution is 14.1. The summed E-state index contributed by atoms with van der Waals surface area (Å²) in [4.78, 5) is 11.7. The van der Waals surface area contributed by atoms with Gasteiger partial charge >= 0.3 is 0 Å². The van der Waals surface area contributed by atoms with Crippen molar-refractivity contribution >= 4 is 33.4 Å². The second-order valence-corrected chi connectivity index (χ2v) is 5.09. The number of H-pyrrole nitrogens is 1. The number of nitrogens with zero attached hydrogens (tertiary/aromatic N) is 1. The Kier molecular flexibility index (Phi) is 2.87. The average Bonchev–Trinajstić information content (AvgIpc) is 2.41. The van der Waals surface area contributed by atoms with E-state index >= 15 is 0 Å². The molecule has 0 saturated carbocycles. The molecule has 1 aromatic heterocycles. The molecule has 3 aromatic rings. The maximum atomic E-state index is 11.7.